The van der Waals surface area contributed by atoms with Crippen molar-refractivity contribution in [3.8, 4) is 11.9 Å². The number of para-hydroxylation sites is 1. The zero-order valence-electron chi connectivity index (χ0n) is 17.5. The van der Waals surface area contributed by atoms with E-state index in [1.54, 1.807) is 69.3 Å². The summed E-state index contributed by atoms with van der Waals surface area (Å²) in [5, 5.41) is 14.1. The first kappa shape index (κ1) is 22.4. The van der Waals surface area contributed by atoms with Crippen molar-refractivity contribution >= 4 is 23.4 Å². The second-order valence-electron chi connectivity index (χ2n) is 6.95. The highest BCUT2D eigenvalue weighted by atomic mass is 19.1. The smallest absolute Gasteiger partial charge is 0.323 e. The quantitative estimate of drug-likeness (QED) is 0.337. The van der Waals surface area contributed by atoms with Crippen molar-refractivity contribution in [3.63, 3.8) is 0 Å². The van der Waals surface area contributed by atoms with Gasteiger partial charge >= 0.3 is 6.03 Å². The Morgan fingerprint density at radius 2 is 1.97 bits per heavy atom. The van der Waals surface area contributed by atoms with Gasteiger partial charge in [-0.3, -0.25) is 4.98 Å². The van der Waals surface area contributed by atoms with Crippen LogP contribution in [-0.4, -0.2) is 53.6 Å². The lowest BCUT2D eigenvalue weighted by molar-refractivity contribution is -0.00457. The van der Waals surface area contributed by atoms with Gasteiger partial charge in [0.1, 0.15) is 0 Å². The number of rotatable bonds is 5. The second-order valence-corrected chi connectivity index (χ2v) is 6.95. The number of halogens is 1. The Balaban J connectivity index is 2.26. The average molecular weight is 413 g/mol. The van der Waals surface area contributed by atoms with E-state index in [-0.39, 0.29) is 11.4 Å². The predicted molar refractivity (Wildman–Crippen MR) is 112 cm³/mol. The summed E-state index contributed by atoms with van der Waals surface area (Å²) in [6.07, 6.45) is 4.81. The van der Waals surface area contributed by atoms with E-state index in [2.05, 4.69) is 20.6 Å². The molecule has 0 fully saturated rings. The van der Waals surface area contributed by atoms with Crippen LogP contribution < -0.4 is 15.4 Å². The number of hydrogen-bond acceptors (Lipinski definition) is 5. The fourth-order valence-electron chi connectivity index (χ4n) is 2.51. The lowest BCUT2D eigenvalue weighted by atomic mass is 10.2. The summed E-state index contributed by atoms with van der Waals surface area (Å²) in [6, 6.07) is 6.98. The van der Waals surface area contributed by atoms with Gasteiger partial charge in [-0.25, -0.2) is 9.18 Å². The Kier molecular flexibility index (Phi) is 7.14. The molecule has 0 saturated heterocycles. The number of ether oxygens (including phenoxy) is 1. The van der Waals surface area contributed by atoms with Gasteiger partial charge in [0, 0.05) is 27.3 Å². The number of hydrogen-bond donors (Lipinski definition) is 2. The molecule has 1 aromatic heterocycles. The Morgan fingerprint density at radius 3 is 2.57 bits per heavy atom. The molecular weight excluding hydrogens is 389 g/mol. The first-order valence-corrected chi connectivity index (χ1v) is 8.99. The van der Waals surface area contributed by atoms with Gasteiger partial charge in [0.2, 0.25) is 12.2 Å². The monoisotopic (exact) mass is 413 g/mol. The Labute approximate surface area is 174 Å². The van der Waals surface area contributed by atoms with E-state index >= 15 is 0 Å². The second kappa shape index (κ2) is 9.56. The van der Waals surface area contributed by atoms with Crippen molar-refractivity contribution in [1.29, 1.82) is 5.26 Å². The van der Waals surface area contributed by atoms with E-state index < -0.39 is 17.6 Å². The number of nitrogens with zero attached hydrogens (tertiary/aromatic N) is 5. The molecule has 2 N–H and O–H groups in total. The van der Waals surface area contributed by atoms with Crippen LogP contribution in [0.4, 0.5) is 20.6 Å². The number of pyridine rings is 1. The lowest BCUT2D eigenvalue weighted by Gasteiger charge is -2.39. The highest BCUT2D eigenvalue weighted by molar-refractivity contribution is 6.00. The molecule has 1 heterocycles. The maximum atomic E-state index is 14.6. The third-order valence-corrected chi connectivity index (χ3v) is 4.14. The van der Waals surface area contributed by atoms with E-state index in [0.717, 1.165) is 0 Å². The van der Waals surface area contributed by atoms with Gasteiger partial charge < -0.3 is 25.2 Å². The summed E-state index contributed by atoms with van der Waals surface area (Å²) >= 11 is 0. The number of amides is 2. The maximum absolute atomic E-state index is 14.6. The number of benzene rings is 1. The van der Waals surface area contributed by atoms with Gasteiger partial charge in [0.25, 0.3) is 0 Å². The van der Waals surface area contributed by atoms with Gasteiger partial charge in [-0.2, -0.15) is 5.26 Å². The molecule has 0 aliphatic carbocycles. The van der Waals surface area contributed by atoms with Crippen LogP contribution in [0.1, 0.15) is 13.8 Å². The molecule has 158 valence electrons. The zero-order chi connectivity index (χ0) is 22.3. The summed E-state index contributed by atoms with van der Waals surface area (Å²) in [5.74, 6) is -0.479. The van der Waals surface area contributed by atoms with Gasteiger partial charge in [0.05, 0.1) is 17.6 Å². The zero-order valence-corrected chi connectivity index (χ0v) is 17.5. The van der Waals surface area contributed by atoms with Crippen LogP contribution in [-0.2, 0) is 0 Å². The minimum atomic E-state index is -1.11. The molecular formula is C20H24FN7O2. The molecule has 2 rings (SSSR count). The highest BCUT2D eigenvalue weighted by Crippen LogP contribution is 2.32. The average Bonchev–Trinajstić information content (AvgIpc) is 2.68. The van der Waals surface area contributed by atoms with Gasteiger partial charge in [0.15, 0.2) is 17.3 Å². The van der Waals surface area contributed by atoms with Crippen LogP contribution in [0.15, 0.2) is 47.7 Å². The van der Waals surface area contributed by atoms with Gasteiger partial charge in [-0.05, 0) is 38.1 Å². The molecule has 0 aliphatic rings. The first-order valence-electron chi connectivity index (χ1n) is 8.99. The van der Waals surface area contributed by atoms with E-state index in [0.29, 0.717) is 11.6 Å². The number of nitrogens with one attached hydrogen (secondary N) is 2. The van der Waals surface area contributed by atoms with Crippen molar-refractivity contribution in [1.82, 2.24) is 14.8 Å². The fraction of sp³-hybridized carbons (Fsp3) is 0.300. The molecule has 9 nitrogen and oxygen atoms in total. The molecule has 0 spiro atoms. The normalized spacial score (nSPS) is 11.3. The summed E-state index contributed by atoms with van der Waals surface area (Å²) < 4.78 is 20.5. The Hall–Kier alpha value is -3.87. The number of aromatic nitrogens is 1. The molecule has 30 heavy (non-hydrogen) atoms. The number of guanidine groups is 1. The van der Waals surface area contributed by atoms with Crippen molar-refractivity contribution in [2.24, 2.45) is 4.99 Å². The summed E-state index contributed by atoms with van der Waals surface area (Å²) in [5.41, 5.74) is -0.489. The predicted octanol–water partition coefficient (Wildman–Crippen LogP) is 3.31. The third kappa shape index (κ3) is 5.57. The van der Waals surface area contributed by atoms with Crippen LogP contribution in [0, 0.1) is 17.3 Å². The van der Waals surface area contributed by atoms with Crippen LogP contribution in [0.5, 0.6) is 5.75 Å². The number of urea groups is 1. The fourth-order valence-corrected chi connectivity index (χ4v) is 2.51. The first-order chi connectivity index (χ1) is 14.2. The molecule has 0 unspecified atom stereocenters. The van der Waals surface area contributed by atoms with Crippen molar-refractivity contribution in [3.05, 3.63) is 48.5 Å². The number of carbonyl (C=O) groups is 1. The molecule has 2 amide bonds. The van der Waals surface area contributed by atoms with E-state index in [1.807, 2.05) is 0 Å². The van der Waals surface area contributed by atoms with Crippen LogP contribution in [0.25, 0.3) is 0 Å². The molecule has 10 heteroatoms. The molecule has 1 aromatic carbocycles. The minimum Gasteiger partial charge on any atom is -0.463 e. The molecule has 0 saturated carbocycles. The number of aliphatic imine (C=N–C) groups is 1. The highest BCUT2D eigenvalue weighted by Gasteiger charge is 2.31. The van der Waals surface area contributed by atoms with Crippen LogP contribution >= 0.6 is 0 Å². The lowest BCUT2D eigenvalue weighted by Crippen LogP contribution is -2.53. The van der Waals surface area contributed by atoms with Crippen LogP contribution in [0.2, 0.25) is 0 Å². The maximum Gasteiger partial charge on any atom is 0.323 e. The van der Waals surface area contributed by atoms with Crippen molar-refractivity contribution in [2.75, 3.05) is 31.8 Å². The van der Waals surface area contributed by atoms with E-state index in [9.17, 15) is 9.18 Å². The molecule has 0 radical (unpaired) electrons. The van der Waals surface area contributed by atoms with Crippen molar-refractivity contribution in [2.45, 2.75) is 19.6 Å². The Bertz CT molecular complexity index is 955. The minimum absolute atomic E-state index is 0.140. The molecule has 0 atom stereocenters. The van der Waals surface area contributed by atoms with E-state index in [1.165, 1.54) is 24.4 Å². The molecule has 0 aliphatic heterocycles. The third-order valence-electron chi connectivity index (χ3n) is 4.14. The summed E-state index contributed by atoms with van der Waals surface area (Å²) in [7, 11) is 5.11. The van der Waals surface area contributed by atoms with E-state index in [4.69, 9.17) is 10.00 Å². The molecule has 2 aromatic rings. The van der Waals surface area contributed by atoms with Gasteiger partial charge in [-0.1, -0.05) is 6.07 Å². The van der Waals surface area contributed by atoms with Gasteiger partial charge in [-0.15, -0.1) is 4.99 Å². The number of carbonyl (C=O) groups excluding carboxylic acids is 1. The topological polar surface area (TPSA) is 106 Å². The van der Waals surface area contributed by atoms with Crippen molar-refractivity contribution < 1.29 is 13.9 Å². The number of anilines is 2. The van der Waals surface area contributed by atoms with Crippen LogP contribution in [0.3, 0.4) is 0 Å². The summed E-state index contributed by atoms with van der Waals surface area (Å²) in [6.45, 7) is 3.38. The summed E-state index contributed by atoms with van der Waals surface area (Å²) in [4.78, 5) is 23.3. The largest absolute Gasteiger partial charge is 0.463 e. The number of nitriles is 1. The standard InChI is InChI=1S/C20H24FN7O2/c1-20(2,28(5)19(24-13-22)27(3)4)30-17-15(21)9-6-10-16(17)26-18(29)25-14-8-7-11-23-12-14/h6-12H,1-5H3,(H2,25,26,29). The molecule has 0 bridgehead atoms. The Morgan fingerprint density at radius 1 is 1.23 bits per heavy atom. The SMILES string of the molecule is CN(C)C(=NC#N)N(C)C(C)(C)Oc1c(F)cccc1NC(=O)Nc1cccnc1.